The normalized spacial score (nSPS) is 54.5. The van der Waals surface area contributed by atoms with Crippen LogP contribution >= 0.6 is 0 Å². The highest BCUT2D eigenvalue weighted by atomic mass is 19.1. The number of hydrogen-bond donors (Lipinski definition) is 2. The molecule has 8 heteroatoms. The van der Waals surface area contributed by atoms with Gasteiger partial charge in [0.25, 0.3) is 0 Å². The lowest BCUT2D eigenvalue weighted by atomic mass is 9.44. The molecule has 9 atom stereocenters. The second kappa shape index (κ2) is 5.83. The van der Waals surface area contributed by atoms with Crippen LogP contribution in [-0.2, 0) is 19.1 Å². The van der Waals surface area contributed by atoms with E-state index in [-0.39, 0.29) is 24.8 Å². The van der Waals surface area contributed by atoms with Crippen LogP contribution in [0.1, 0.15) is 47.0 Å². The van der Waals surface area contributed by atoms with Gasteiger partial charge >= 0.3 is 5.97 Å². The molecule has 0 radical (unpaired) electrons. The number of rotatable bonds is 1. The van der Waals surface area contributed by atoms with Gasteiger partial charge in [0.05, 0.1) is 6.10 Å². The molecule has 0 aromatic heterocycles. The lowest BCUT2D eigenvalue weighted by Gasteiger charge is -2.62. The highest BCUT2D eigenvalue weighted by Gasteiger charge is 2.81. The zero-order chi connectivity index (χ0) is 22.8. The number of carboxylic acid groups (broad SMARTS) is 1. The van der Waals surface area contributed by atoms with Crippen LogP contribution in [-0.4, -0.2) is 57.4 Å². The summed E-state index contributed by atoms with van der Waals surface area (Å²) in [4.78, 5) is 24.5. The third-order valence-electron chi connectivity index (χ3n) is 8.94. The maximum absolute atomic E-state index is 17.0. The van der Waals surface area contributed by atoms with Crippen molar-refractivity contribution in [2.45, 2.75) is 82.4 Å². The summed E-state index contributed by atoms with van der Waals surface area (Å²) in [5.41, 5.74) is -6.63. The molecule has 0 amide bonds. The summed E-state index contributed by atoms with van der Waals surface area (Å²) in [6.07, 6.45) is -0.459. The third-order valence-corrected chi connectivity index (χ3v) is 8.94. The van der Waals surface area contributed by atoms with E-state index in [1.807, 2.05) is 0 Å². The third kappa shape index (κ3) is 2.21. The van der Waals surface area contributed by atoms with Gasteiger partial charge in [0.15, 0.2) is 22.8 Å². The number of aliphatic hydroxyl groups excluding tert-OH is 1. The molecule has 5 aliphatic rings. The number of hydrogen-bond acceptors (Lipinski definition) is 5. The Morgan fingerprint density at radius 3 is 2.52 bits per heavy atom. The number of fused-ring (bicyclic) bond motifs is 7. The zero-order valence-electron chi connectivity index (χ0n) is 18.0. The van der Waals surface area contributed by atoms with Crippen LogP contribution in [0.4, 0.5) is 8.78 Å². The Morgan fingerprint density at radius 1 is 1.19 bits per heavy atom. The Balaban J connectivity index is 1.66. The molecule has 5 rings (SSSR count). The second-order valence-electron chi connectivity index (χ2n) is 10.7. The van der Waals surface area contributed by atoms with Crippen LogP contribution in [0.25, 0.3) is 0 Å². The standard InChI is InChI=1S/C23H28F2O6/c1-19(2)30-17-9-12-13-8-15(24)14-7-11(26)5-6-20(14,3)22(13,25)16(27)10-21(12,4)23(17,31-19)18(28)29/h5-7,12-13,15-17,27H,8-10H2,1-4H3,(H,28,29)/t12-,13-,15-,16-,17+,20-,21-,22-,23-/m0/s1. The summed E-state index contributed by atoms with van der Waals surface area (Å²) in [6, 6.07) is 0. The predicted molar refractivity (Wildman–Crippen MR) is 104 cm³/mol. The van der Waals surface area contributed by atoms with Crippen LogP contribution in [0.2, 0.25) is 0 Å². The van der Waals surface area contributed by atoms with Gasteiger partial charge in [-0.15, -0.1) is 0 Å². The maximum atomic E-state index is 17.0. The number of carboxylic acids is 1. The molecule has 4 fully saturated rings. The van der Waals surface area contributed by atoms with E-state index in [4.69, 9.17) is 9.47 Å². The van der Waals surface area contributed by atoms with Gasteiger partial charge in [0.1, 0.15) is 12.3 Å². The first kappa shape index (κ1) is 21.2. The first-order valence-corrected chi connectivity index (χ1v) is 10.8. The number of allylic oxidation sites excluding steroid dienone is 4. The first-order chi connectivity index (χ1) is 14.2. The molecule has 0 bridgehead atoms. The summed E-state index contributed by atoms with van der Waals surface area (Å²) in [5.74, 6) is -4.31. The zero-order valence-corrected chi connectivity index (χ0v) is 18.0. The molecule has 170 valence electrons. The monoisotopic (exact) mass is 438 g/mol. The van der Waals surface area contributed by atoms with Crippen LogP contribution in [0.5, 0.6) is 0 Å². The van der Waals surface area contributed by atoms with Crippen molar-refractivity contribution in [2.24, 2.45) is 22.7 Å². The van der Waals surface area contributed by atoms with E-state index >= 15 is 8.78 Å². The van der Waals surface area contributed by atoms with Crippen molar-refractivity contribution in [3.8, 4) is 0 Å². The number of ketones is 1. The Labute approximate surface area is 179 Å². The summed E-state index contributed by atoms with van der Waals surface area (Å²) in [6.45, 7) is 6.48. The summed E-state index contributed by atoms with van der Waals surface area (Å²) in [5, 5.41) is 21.5. The minimum absolute atomic E-state index is 0.0428. The predicted octanol–water partition coefficient (Wildman–Crippen LogP) is 2.89. The average molecular weight is 438 g/mol. The lowest BCUT2D eigenvalue weighted by molar-refractivity contribution is -0.253. The van der Waals surface area contributed by atoms with Gasteiger partial charge in [-0.1, -0.05) is 13.0 Å². The number of alkyl halides is 2. The summed E-state index contributed by atoms with van der Waals surface area (Å²) in [7, 11) is 0. The number of ether oxygens (including phenoxy) is 2. The molecule has 31 heavy (non-hydrogen) atoms. The molecule has 4 aliphatic carbocycles. The number of halogens is 2. The van der Waals surface area contributed by atoms with E-state index in [9.17, 15) is 19.8 Å². The van der Waals surface area contributed by atoms with E-state index in [0.717, 1.165) is 6.08 Å². The lowest BCUT2D eigenvalue weighted by Crippen LogP contribution is -2.70. The first-order valence-electron chi connectivity index (χ1n) is 10.8. The number of aliphatic carboxylic acids is 1. The molecule has 3 saturated carbocycles. The largest absolute Gasteiger partial charge is 0.479 e. The Hall–Kier alpha value is -1.64. The van der Waals surface area contributed by atoms with Crippen molar-refractivity contribution in [1.29, 1.82) is 0 Å². The minimum atomic E-state index is -2.25. The van der Waals surface area contributed by atoms with Crippen LogP contribution in [0, 0.1) is 22.7 Å². The van der Waals surface area contributed by atoms with Gasteiger partial charge in [-0.3, -0.25) is 4.79 Å². The molecular formula is C23H28F2O6. The van der Waals surface area contributed by atoms with Gasteiger partial charge in [-0.05, 0) is 63.7 Å². The minimum Gasteiger partial charge on any atom is -0.479 e. The van der Waals surface area contributed by atoms with Crippen LogP contribution in [0.15, 0.2) is 23.8 Å². The van der Waals surface area contributed by atoms with Crippen molar-refractivity contribution >= 4 is 11.8 Å². The Kier molecular flexibility index (Phi) is 3.99. The SMILES string of the molecule is CC1(C)O[C@@H]2C[C@H]3[C@@H]4C[C@H](F)C5=CC(=O)C=C[C@]5(C)[C@@]4(F)[C@@H](O)C[C@]3(C)[C@]2(C(=O)O)O1. The van der Waals surface area contributed by atoms with E-state index in [1.54, 1.807) is 20.8 Å². The summed E-state index contributed by atoms with van der Waals surface area (Å²) >= 11 is 0. The highest BCUT2D eigenvalue weighted by Crippen LogP contribution is 2.72. The molecule has 6 nitrogen and oxygen atoms in total. The molecule has 1 saturated heterocycles. The van der Waals surface area contributed by atoms with Gasteiger partial charge in [0, 0.05) is 16.7 Å². The number of aliphatic hydroxyl groups is 1. The molecule has 1 aliphatic heterocycles. The fourth-order valence-corrected chi connectivity index (χ4v) is 7.67. The van der Waals surface area contributed by atoms with Crippen molar-refractivity contribution in [3.63, 3.8) is 0 Å². The maximum Gasteiger partial charge on any atom is 0.339 e. The fraction of sp³-hybridized carbons (Fsp3) is 0.739. The quantitative estimate of drug-likeness (QED) is 0.654. The second-order valence-corrected chi connectivity index (χ2v) is 10.7. The molecule has 0 aromatic rings. The molecule has 0 unspecified atom stereocenters. The van der Waals surface area contributed by atoms with Gasteiger partial charge in [-0.2, -0.15) is 0 Å². The molecule has 0 aromatic carbocycles. The average Bonchev–Trinajstić information content (AvgIpc) is 3.06. The summed E-state index contributed by atoms with van der Waals surface area (Å²) < 4.78 is 44.4. The molecule has 2 N–H and O–H groups in total. The highest BCUT2D eigenvalue weighted by molar-refractivity contribution is 6.01. The van der Waals surface area contributed by atoms with Crippen molar-refractivity contribution < 1.29 is 38.1 Å². The van der Waals surface area contributed by atoms with Crippen molar-refractivity contribution in [3.05, 3.63) is 23.8 Å². The van der Waals surface area contributed by atoms with Crippen LogP contribution in [0.3, 0.4) is 0 Å². The van der Waals surface area contributed by atoms with Crippen molar-refractivity contribution in [2.75, 3.05) is 0 Å². The van der Waals surface area contributed by atoms with E-state index < -0.39 is 69.9 Å². The van der Waals surface area contributed by atoms with Gasteiger partial charge in [-0.25, -0.2) is 13.6 Å². The molecular weight excluding hydrogens is 410 g/mol. The molecule has 1 heterocycles. The number of carbonyl (C=O) groups excluding carboxylic acids is 1. The van der Waals surface area contributed by atoms with Gasteiger partial charge in [0.2, 0.25) is 0 Å². The van der Waals surface area contributed by atoms with E-state index in [0.29, 0.717) is 0 Å². The topological polar surface area (TPSA) is 93.1 Å². The van der Waals surface area contributed by atoms with Crippen LogP contribution < -0.4 is 0 Å². The smallest absolute Gasteiger partial charge is 0.339 e. The van der Waals surface area contributed by atoms with Gasteiger partial charge < -0.3 is 19.7 Å². The fourth-order valence-electron chi connectivity index (χ4n) is 7.67. The molecule has 0 spiro atoms. The Morgan fingerprint density at radius 2 is 1.87 bits per heavy atom. The Bertz CT molecular complexity index is 944. The number of carbonyl (C=O) groups is 2. The van der Waals surface area contributed by atoms with Crippen molar-refractivity contribution in [1.82, 2.24) is 0 Å². The van der Waals surface area contributed by atoms with E-state index in [1.165, 1.54) is 19.1 Å². The van der Waals surface area contributed by atoms with E-state index in [2.05, 4.69) is 0 Å².